The highest BCUT2D eigenvalue weighted by molar-refractivity contribution is 7.89. The summed E-state index contributed by atoms with van der Waals surface area (Å²) < 4.78 is 32.4. The van der Waals surface area contributed by atoms with Gasteiger partial charge in [0, 0.05) is 51.5 Å². The molecule has 0 bridgehead atoms. The van der Waals surface area contributed by atoms with Gasteiger partial charge in [0.1, 0.15) is 0 Å². The van der Waals surface area contributed by atoms with Gasteiger partial charge < -0.3 is 19.9 Å². The number of anilines is 1. The van der Waals surface area contributed by atoms with Crippen molar-refractivity contribution in [2.45, 2.75) is 11.4 Å². The van der Waals surface area contributed by atoms with Crippen molar-refractivity contribution < 1.29 is 17.9 Å². The van der Waals surface area contributed by atoms with Crippen LogP contribution in [0.4, 0.5) is 5.69 Å². The molecular formula is C23H29ClN4O4S. The summed E-state index contributed by atoms with van der Waals surface area (Å²) in [4.78, 5) is 17.5. The normalized spacial score (nSPS) is 18.3. The number of carbonyl (C=O) groups excluding carboxylic acids is 1. The molecule has 0 aromatic heterocycles. The summed E-state index contributed by atoms with van der Waals surface area (Å²) in [5.41, 5.74) is 2.26. The quantitative estimate of drug-likeness (QED) is 0.664. The van der Waals surface area contributed by atoms with Crippen molar-refractivity contribution in [3.63, 3.8) is 0 Å². The average Bonchev–Trinajstić information content (AvgIpc) is 2.84. The van der Waals surface area contributed by atoms with Gasteiger partial charge in [-0.15, -0.1) is 0 Å². The highest BCUT2D eigenvalue weighted by Gasteiger charge is 2.27. The molecular weight excluding hydrogens is 464 g/mol. The van der Waals surface area contributed by atoms with E-state index < -0.39 is 15.9 Å². The van der Waals surface area contributed by atoms with Crippen LogP contribution in [0.15, 0.2) is 47.4 Å². The number of benzene rings is 2. The minimum atomic E-state index is -3.71. The lowest BCUT2D eigenvalue weighted by atomic mass is 10.1. The third-order valence-corrected chi connectivity index (χ3v) is 8.27. The van der Waals surface area contributed by atoms with Gasteiger partial charge in [0.15, 0.2) is 0 Å². The predicted octanol–water partition coefficient (Wildman–Crippen LogP) is 2.04. The van der Waals surface area contributed by atoms with Crippen LogP contribution < -0.4 is 10.2 Å². The molecule has 33 heavy (non-hydrogen) atoms. The second-order valence-electron chi connectivity index (χ2n) is 8.30. The molecule has 2 aromatic carbocycles. The standard InChI is InChI=1S/C23H29ClN4O4S/c1-26-8-10-27(11-9-26)19-4-2-18(3-5-19)17-25-23(29)21-16-20(6-7-22(21)24)33(30,31)28-12-14-32-15-13-28/h2-7,16H,8-15,17H2,1H3,(H,25,29). The lowest BCUT2D eigenvalue weighted by molar-refractivity contribution is 0.0730. The van der Waals surface area contributed by atoms with E-state index in [4.69, 9.17) is 16.3 Å². The Labute approximate surface area is 200 Å². The first kappa shape index (κ1) is 24.0. The van der Waals surface area contributed by atoms with Gasteiger partial charge in [-0.25, -0.2) is 8.42 Å². The summed E-state index contributed by atoms with van der Waals surface area (Å²) in [5.74, 6) is -0.415. The van der Waals surface area contributed by atoms with Gasteiger partial charge in [0.2, 0.25) is 10.0 Å². The van der Waals surface area contributed by atoms with Gasteiger partial charge in [-0.2, -0.15) is 4.31 Å². The number of likely N-dealkylation sites (N-methyl/N-ethyl adjacent to an activating group) is 1. The van der Waals surface area contributed by atoms with Crippen LogP contribution in [0.2, 0.25) is 5.02 Å². The number of sulfonamides is 1. The molecule has 0 atom stereocenters. The topological polar surface area (TPSA) is 82.2 Å². The summed E-state index contributed by atoms with van der Waals surface area (Å²) in [7, 11) is -1.59. The van der Waals surface area contributed by atoms with Crippen LogP contribution in [0.25, 0.3) is 0 Å². The molecule has 10 heteroatoms. The SMILES string of the molecule is CN1CCN(c2ccc(CNC(=O)c3cc(S(=O)(=O)N4CCOCC4)ccc3Cl)cc2)CC1. The van der Waals surface area contributed by atoms with Crippen molar-refractivity contribution in [1.82, 2.24) is 14.5 Å². The van der Waals surface area contributed by atoms with Crippen LogP contribution in [-0.4, -0.2) is 83.1 Å². The maximum absolute atomic E-state index is 12.9. The second-order valence-corrected chi connectivity index (χ2v) is 10.6. The van der Waals surface area contributed by atoms with Crippen molar-refractivity contribution in [3.8, 4) is 0 Å². The lowest BCUT2D eigenvalue weighted by Crippen LogP contribution is -2.44. The van der Waals surface area contributed by atoms with E-state index in [2.05, 4.69) is 34.3 Å². The fourth-order valence-corrected chi connectivity index (χ4v) is 5.58. The number of hydrogen-bond acceptors (Lipinski definition) is 6. The molecule has 2 aliphatic heterocycles. The Kier molecular flexibility index (Phi) is 7.55. The molecule has 0 unspecified atom stereocenters. The molecule has 4 rings (SSSR count). The van der Waals surface area contributed by atoms with Gasteiger partial charge in [-0.1, -0.05) is 23.7 Å². The van der Waals surface area contributed by atoms with Crippen LogP contribution in [-0.2, 0) is 21.3 Å². The Balaban J connectivity index is 1.40. The largest absolute Gasteiger partial charge is 0.379 e. The van der Waals surface area contributed by atoms with Crippen LogP contribution >= 0.6 is 11.6 Å². The van der Waals surface area contributed by atoms with E-state index in [1.165, 1.54) is 28.2 Å². The first-order valence-corrected chi connectivity index (χ1v) is 12.8. The number of halogens is 1. The lowest BCUT2D eigenvalue weighted by Gasteiger charge is -2.34. The number of carbonyl (C=O) groups is 1. The van der Waals surface area contributed by atoms with E-state index in [1.807, 2.05) is 12.1 Å². The van der Waals surface area contributed by atoms with E-state index >= 15 is 0 Å². The minimum absolute atomic E-state index is 0.0514. The van der Waals surface area contributed by atoms with Crippen molar-refractivity contribution in [3.05, 3.63) is 58.6 Å². The highest BCUT2D eigenvalue weighted by Crippen LogP contribution is 2.24. The van der Waals surface area contributed by atoms with Gasteiger partial charge in [-0.3, -0.25) is 4.79 Å². The molecule has 2 fully saturated rings. The zero-order valence-electron chi connectivity index (χ0n) is 18.7. The van der Waals surface area contributed by atoms with Crippen LogP contribution in [0, 0.1) is 0 Å². The molecule has 2 heterocycles. The number of ether oxygens (including phenoxy) is 1. The zero-order chi connectivity index (χ0) is 23.4. The summed E-state index contributed by atoms with van der Waals surface area (Å²) >= 11 is 6.23. The Hall–Kier alpha value is -2.17. The first-order valence-electron chi connectivity index (χ1n) is 11.0. The average molecular weight is 493 g/mol. The predicted molar refractivity (Wildman–Crippen MR) is 128 cm³/mol. The summed E-state index contributed by atoms with van der Waals surface area (Å²) in [5, 5.41) is 3.05. The maximum atomic E-state index is 12.9. The number of nitrogens with one attached hydrogen (secondary N) is 1. The van der Waals surface area contributed by atoms with E-state index in [1.54, 1.807) is 0 Å². The van der Waals surface area contributed by atoms with Gasteiger partial charge in [0.25, 0.3) is 5.91 Å². The van der Waals surface area contributed by atoms with Crippen molar-refractivity contribution in [2.24, 2.45) is 0 Å². The molecule has 0 spiro atoms. The zero-order valence-corrected chi connectivity index (χ0v) is 20.2. The van der Waals surface area contributed by atoms with Crippen LogP contribution in [0.1, 0.15) is 15.9 Å². The van der Waals surface area contributed by atoms with E-state index in [0.717, 1.165) is 31.7 Å². The number of amides is 1. The molecule has 178 valence electrons. The summed E-state index contributed by atoms with van der Waals surface area (Å²) in [6.45, 7) is 5.68. The fraction of sp³-hybridized carbons (Fsp3) is 0.435. The highest BCUT2D eigenvalue weighted by atomic mass is 35.5. The van der Waals surface area contributed by atoms with Crippen molar-refractivity contribution >= 4 is 33.2 Å². The molecule has 0 radical (unpaired) electrons. The molecule has 2 aliphatic rings. The molecule has 2 aromatic rings. The van der Waals surface area contributed by atoms with Gasteiger partial charge in [-0.05, 0) is 42.9 Å². The number of hydrogen-bond donors (Lipinski definition) is 1. The summed E-state index contributed by atoms with van der Waals surface area (Å²) in [6, 6.07) is 12.4. The van der Waals surface area contributed by atoms with E-state index in [9.17, 15) is 13.2 Å². The van der Waals surface area contributed by atoms with Gasteiger partial charge >= 0.3 is 0 Å². The Bertz CT molecular complexity index is 1080. The van der Waals surface area contributed by atoms with Gasteiger partial charge in [0.05, 0.1) is 28.7 Å². The molecule has 0 saturated carbocycles. The Morgan fingerprint density at radius 3 is 2.33 bits per heavy atom. The first-order chi connectivity index (χ1) is 15.8. The van der Waals surface area contributed by atoms with Crippen molar-refractivity contribution in [1.29, 1.82) is 0 Å². The van der Waals surface area contributed by atoms with E-state index in [-0.39, 0.29) is 28.6 Å². The number of nitrogens with zero attached hydrogens (tertiary/aromatic N) is 3. The molecule has 1 amide bonds. The third-order valence-electron chi connectivity index (χ3n) is 6.05. The number of morpholine rings is 1. The van der Waals surface area contributed by atoms with E-state index in [0.29, 0.717) is 19.8 Å². The third kappa shape index (κ3) is 5.67. The fourth-order valence-electron chi connectivity index (χ4n) is 3.94. The monoisotopic (exact) mass is 492 g/mol. The molecule has 0 aliphatic carbocycles. The molecule has 8 nitrogen and oxygen atoms in total. The van der Waals surface area contributed by atoms with Crippen LogP contribution in [0.5, 0.6) is 0 Å². The number of piperazine rings is 1. The minimum Gasteiger partial charge on any atom is -0.379 e. The summed E-state index contributed by atoms with van der Waals surface area (Å²) in [6.07, 6.45) is 0. The van der Waals surface area contributed by atoms with Crippen LogP contribution in [0.3, 0.4) is 0 Å². The smallest absolute Gasteiger partial charge is 0.253 e. The Morgan fingerprint density at radius 1 is 1.00 bits per heavy atom. The maximum Gasteiger partial charge on any atom is 0.253 e. The molecule has 1 N–H and O–H groups in total. The number of rotatable bonds is 6. The second kappa shape index (κ2) is 10.4. The van der Waals surface area contributed by atoms with Crippen molar-refractivity contribution in [2.75, 3.05) is 64.4 Å². The molecule has 2 saturated heterocycles. The Morgan fingerprint density at radius 2 is 1.67 bits per heavy atom.